The largest absolute Gasteiger partial charge is 0.481 e. The normalized spacial score (nSPS) is 16.6. The van der Waals surface area contributed by atoms with E-state index in [0.29, 0.717) is 38.8 Å². The van der Waals surface area contributed by atoms with Crippen LogP contribution in [-0.4, -0.2) is 46.4 Å². The Kier molecular flexibility index (Phi) is 8.06. The van der Waals surface area contributed by atoms with Gasteiger partial charge in [-0.25, -0.2) is 0 Å². The van der Waals surface area contributed by atoms with Crippen LogP contribution in [0, 0.1) is 0 Å². The van der Waals surface area contributed by atoms with E-state index in [2.05, 4.69) is 5.32 Å². The Morgan fingerprint density at radius 3 is 2.09 bits per heavy atom. The number of carboxylic acid groups (broad SMARTS) is 1. The fourth-order valence-electron chi connectivity index (χ4n) is 3.25. The molecule has 0 bridgehead atoms. The number of unbranched alkanes of at least 4 members (excludes halogenated alkanes) is 1. The highest BCUT2D eigenvalue weighted by atomic mass is 16.4. The van der Waals surface area contributed by atoms with Crippen molar-refractivity contribution in [2.24, 2.45) is 0 Å². The summed E-state index contributed by atoms with van der Waals surface area (Å²) in [6.45, 7) is 5.19. The third-order valence-electron chi connectivity index (χ3n) is 4.59. The van der Waals surface area contributed by atoms with Gasteiger partial charge in [0.05, 0.1) is 0 Å². The molecule has 1 aliphatic rings. The van der Waals surface area contributed by atoms with E-state index in [9.17, 15) is 14.4 Å². The quantitative estimate of drug-likeness (QED) is 0.637. The second kappa shape index (κ2) is 9.53. The standard InChI is InChI=1S/C17H30N2O4/c1-3-19(4-2)16(23)17(12-8-5-9-13-17)18-14(20)10-6-7-11-15(21)22/h3-13H2,1-2H3,(H,18,20)(H,21,22). The minimum Gasteiger partial charge on any atom is -0.481 e. The number of hydrogen-bond donors (Lipinski definition) is 2. The zero-order valence-electron chi connectivity index (χ0n) is 14.4. The second-order valence-electron chi connectivity index (χ2n) is 6.27. The maximum Gasteiger partial charge on any atom is 0.303 e. The molecule has 0 heterocycles. The topological polar surface area (TPSA) is 86.7 Å². The summed E-state index contributed by atoms with van der Waals surface area (Å²) in [5.74, 6) is -0.954. The Labute approximate surface area is 138 Å². The van der Waals surface area contributed by atoms with Crippen molar-refractivity contribution in [3.05, 3.63) is 0 Å². The molecule has 132 valence electrons. The SMILES string of the molecule is CCN(CC)C(=O)C1(NC(=O)CCCCC(=O)O)CCCCC1. The van der Waals surface area contributed by atoms with E-state index in [1.165, 1.54) is 0 Å². The van der Waals surface area contributed by atoms with E-state index in [4.69, 9.17) is 5.11 Å². The minimum absolute atomic E-state index is 0.0288. The summed E-state index contributed by atoms with van der Waals surface area (Å²) in [4.78, 5) is 37.4. The molecule has 1 aliphatic carbocycles. The van der Waals surface area contributed by atoms with Gasteiger partial charge in [0.15, 0.2) is 0 Å². The van der Waals surface area contributed by atoms with Crippen molar-refractivity contribution in [3.8, 4) is 0 Å². The summed E-state index contributed by atoms with van der Waals surface area (Å²) >= 11 is 0. The van der Waals surface area contributed by atoms with Gasteiger partial charge in [-0.05, 0) is 39.5 Å². The molecular formula is C17H30N2O4. The molecule has 0 atom stereocenters. The molecule has 6 heteroatoms. The predicted molar refractivity (Wildman–Crippen MR) is 88.0 cm³/mol. The molecule has 1 fully saturated rings. The number of hydrogen-bond acceptors (Lipinski definition) is 3. The molecule has 0 unspecified atom stereocenters. The van der Waals surface area contributed by atoms with Crippen LogP contribution < -0.4 is 5.32 Å². The smallest absolute Gasteiger partial charge is 0.303 e. The molecule has 23 heavy (non-hydrogen) atoms. The molecule has 2 amide bonds. The third-order valence-corrected chi connectivity index (χ3v) is 4.59. The summed E-state index contributed by atoms with van der Waals surface area (Å²) in [7, 11) is 0. The van der Waals surface area contributed by atoms with Crippen LogP contribution in [0.2, 0.25) is 0 Å². The van der Waals surface area contributed by atoms with Gasteiger partial charge >= 0.3 is 5.97 Å². The van der Waals surface area contributed by atoms with Crippen molar-refractivity contribution in [1.29, 1.82) is 0 Å². The summed E-state index contributed by atoms with van der Waals surface area (Å²) in [5.41, 5.74) is -0.756. The van der Waals surface area contributed by atoms with Crippen LogP contribution in [0.5, 0.6) is 0 Å². The fraction of sp³-hybridized carbons (Fsp3) is 0.824. The van der Waals surface area contributed by atoms with Crippen LogP contribution in [0.3, 0.4) is 0 Å². The van der Waals surface area contributed by atoms with Crippen LogP contribution in [0.15, 0.2) is 0 Å². The maximum atomic E-state index is 12.9. The molecule has 0 aromatic rings. The lowest BCUT2D eigenvalue weighted by Gasteiger charge is -2.40. The predicted octanol–water partition coefficient (Wildman–Crippen LogP) is 2.32. The number of aliphatic carboxylic acids is 1. The van der Waals surface area contributed by atoms with Crippen LogP contribution in [-0.2, 0) is 14.4 Å². The molecule has 0 saturated heterocycles. The first-order valence-corrected chi connectivity index (χ1v) is 8.77. The van der Waals surface area contributed by atoms with Crippen molar-refractivity contribution in [2.45, 2.75) is 77.2 Å². The van der Waals surface area contributed by atoms with Gasteiger partial charge < -0.3 is 15.3 Å². The van der Waals surface area contributed by atoms with Crippen LogP contribution in [0.25, 0.3) is 0 Å². The second-order valence-corrected chi connectivity index (χ2v) is 6.27. The van der Waals surface area contributed by atoms with E-state index in [1.807, 2.05) is 13.8 Å². The van der Waals surface area contributed by atoms with Crippen molar-refractivity contribution in [1.82, 2.24) is 10.2 Å². The summed E-state index contributed by atoms with van der Waals surface area (Å²) in [6, 6.07) is 0. The Bertz CT molecular complexity index is 413. The van der Waals surface area contributed by atoms with Gasteiger partial charge in [-0.15, -0.1) is 0 Å². The number of carboxylic acids is 1. The highest BCUT2D eigenvalue weighted by molar-refractivity contribution is 5.91. The number of nitrogens with one attached hydrogen (secondary N) is 1. The highest BCUT2D eigenvalue weighted by Gasteiger charge is 2.42. The monoisotopic (exact) mass is 326 g/mol. The van der Waals surface area contributed by atoms with Crippen LogP contribution in [0.4, 0.5) is 0 Å². The first-order chi connectivity index (χ1) is 10.9. The van der Waals surface area contributed by atoms with E-state index in [1.54, 1.807) is 4.90 Å². The number of carbonyl (C=O) groups is 3. The molecule has 2 N–H and O–H groups in total. The van der Waals surface area contributed by atoms with Gasteiger partial charge in [-0.2, -0.15) is 0 Å². The van der Waals surface area contributed by atoms with Crippen molar-refractivity contribution in [3.63, 3.8) is 0 Å². The van der Waals surface area contributed by atoms with E-state index < -0.39 is 11.5 Å². The van der Waals surface area contributed by atoms with Gasteiger partial charge in [-0.1, -0.05) is 19.3 Å². The Balaban J connectivity index is 2.65. The zero-order chi connectivity index (χ0) is 17.3. The molecular weight excluding hydrogens is 296 g/mol. The Morgan fingerprint density at radius 2 is 1.57 bits per heavy atom. The van der Waals surface area contributed by atoms with E-state index in [0.717, 1.165) is 19.3 Å². The van der Waals surface area contributed by atoms with Gasteiger partial charge in [0.2, 0.25) is 11.8 Å². The van der Waals surface area contributed by atoms with Crippen LogP contribution >= 0.6 is 0 Å². The van der Waals surface area contributed by atoms with E-state index in [-0.39, 0.29) is 24.7 Å². The lowest BCUT2D eigenvalue weighted by Crippen LogP contribution is -2.60. The minimum atomic E-state index is -0.842. The maximum absolute atomic E-state index is 12.9. The lowest BCUT2D eigenvalue weighted by atomic mass is 9.80. The van der Waals surface area contributed by atoms with Gasteiger partial charge in [0.25, 0.3) is 0 Å². The molecule has 0 radical (unpaired) electrons. The number of nitrogens with zero attached hydrogens (tertiary/aromatic N) is 1. The molecule has 0 aromatic carbocycles. The number of carbonyl (C=O) groups excluding carboxylic acids is 2. The van der Waals surface area contributed by atoms with Crippen molar-refractivity contribution >= 4 is 17.8 Å². The first kappa shape index (κ1) is 19.5. The van der Waals surface area contributed by atoms with Crippen LogP contribution in [0.1, 0.15) is 71.6 Å². The molecule has 0 aromatic heterocycles. The number of amides is 2. The molecule has 0 aliphatic heterocycles. The van der Waals surface area contributed by atoms with Crippen molar-refractivity contribution < 1.29 is 19.5 Å². The average molecular weight is 326 g/mol. The molecule has 6 nitrogen and oxygen atoms in total. The fourth-order valence-corrected chi connectivity index (χ4v) is 3.25. The van der Waals surface area contributed by atoms with Gasteiger partial charge in [0, 0.05) is 25.9 Å². The van der Waals surface area contributed by atoms with Crippen molar-refractivity contribution in [2.75, 3.05) is 13.1 Å². The molecule has 0 spiro atoms. The Hall–Kier alpha value is -1.59. The van der Waals surface area contributed by atoms with Gasteiger partial charge in [-0.3, -0.25) is 14.4 Å². The zero-order valence-corrected chi connectivity index (χ0v) is 14.4. The first-order valence-electron chi connectivity index (χ1n) is 8.77. The molecule has 1 saturated carbocycles. The number of likely N-dealkylation sites (N-methyl/N-ethyl adjacent to an activating group) is 1. The summed E-state index contributed by atoms with van der Waals surface area (Å²) < 4.78 is 0. The highest BCUT2D eigenvalue weighted by Crippen LogP contribution is 2.30. The van der Waals surface area contributed by atoms with Gasteiger partial charge in [0.1, 0.15) is 5.54 Å². The average Bonchev–Trinajstić information content (AvgIpc) is 2.53. The summed E-state index contributed by atoms with van der Waals surface area (Å²) in [6.07, 6.45) is 5.78. The molecule has 1 rings (SSSR count). The summed E-state index contributed by atoms with van der Waals surface area (Å²) in [5, 5.41) is 11.6. The van der Waals surface area contributed by atoms with E-state index >= 15 is 0 Å². The lowest BCUT2D eigenvalue weighted by molar-refractivity contribution is -0.143. The third kappa shape index (κ3) is 5.84. The number of rotatable bonds is 9. The Morgan fingerprint density at radius 1 is 1.00 bits per heavy atom.